The van der Waals surface area contributed by atoms with E-state index in [4.69, 9.17) is 0 Å². The number of nitrogens with one attached hydrogen (secondary N) is 1. The third kappa shape index (κ3) is 2.60. The van der Waals surface area contributed by atoms with Gasteiger partial charge in [0.25, 0.3) is 0 Å². The number of benzene rings is 2. The number of thiazole rings is 1. The van der Waals surface area contributed by atoms with E-state index < -0.39 is 0 Å². The molecule has 0 spiro atoms. The zero-order valence-electron chi connectivity index (χ0n) is 11.8. The summed E-state index contributed by atoms with van der Waals surface area (Å²) in [5.41, 5.74) is 2.45. The topological polar surface area (TPSA) is 24.9 Å². The molecule has 1 unspecified atom stereocenters. The van der Waals surface area contributed by atoms with Crippen LogP contribution in [0.15, 0.2) is 47.8 Å². The lowest BCUT2D eigenvalue weighted by molar-refractivity contribution is 0.594. The monoisotopic (exact) mass is 282 g/mol. The van der Waals surface area contributed by atoms with Crippen molar-refractivity contribution in [3.05, 3.63) is 64.1 Å². The van der Waals surface area contributed by atoms with E-state index in [-0.39, 0.29) is 0 Å². The van der Waals surface area contributed by atoms with Crippen LogP contribution in [0, 0.1) is 6.92 Å². The van der Waals surface area contributed by atoms with Crippen LogP contribution in [0.4, 0.5) is 0 Å². The van der Waals surface area contributed by atoms with Crippen LogP contribution in [0.5, 0.6) is 0 Å². The smallest absolute Gasteiger partial charge is 0.0947 e. The van der Waals surface area contributed by atoms with Gasteiger partial charge in [0.05, 0.1) is 5.01 Å². The van der Waals surface area contributed by atoms with Crippen LogP contribution in [0.2, 0.25) is 0 Å². The highest BCUT2D eigenvalue weighted by Crippen LogP contribution is 2.27. The number of fused-ring (bicyclic) bond motifs is 1. The molecule has 1 atom stereocenters. The molecule has 1 aromatic heterocycles. The van der Waals surface area contributed by atoms with Crippen LogP contribution < -0.4 is 5.32 Å². The lowest BCUT2D eigenvalue weighted by Gasteiger charge is -2.17. The van der Waals surface area contributed by atoms with E-state index in [1.54, 1.807) is 11.3 Å². The van der Waals surface area contributed by atoms with E-state index in [2.05, 4.69) is 58.1 Å². The Labute approximate surface area is 123 Å². The molecule has 3 rings (SSSR count). The minimum Gasteiger partial charge on any atom is -0.313 e. The first kappa shape index (κ1) is 13.3. The Bertz CT molecular complexity index is 712. The molecule has 1 N–H and O–H groups in total. The highest BCUT2D eigenvalue weighted by Gasteiger charge is 2.14. The average molecular weight is 282 g/mol. The second-order valence-electron chi connectivity index (χ2n) is 5.00. The molecule has 0 amide bonds. The van der Waals surface area contributed by atoms with Gasteiger partial charge >= 0.3 is 0 Å². The summed E-state index contributed by atoms with van der Waals surface area (Å²) in [6.07, 6.45) is 0.934. The molecule has 0 bridgehead atoms. The van der Waals surface area contributed by atoms with Crippen LogP contribution in [-0.2, 0) is 6.42 Å². The van der Waals surface area contributed by atoms with Gasteiger partial charge in [0.15, 0.2) is 0 Å². The third-order valence-electron chi connectivity index (χ3n) is 3.59. The molecule has 2 nitrogen and oxygen atoms in total. The van der Waals surface area contributed by atoms with Crippen LogP contribution in [-0.4, -0.2) is 12.0 Å². The van der Waals surface area contributed by atoms with E-state index in [9.17, 15) is 0 Å². The molecule has 1 heterocycles. The molecule has 2 aromatic carbocycles. The first-order chi connectivity index (χ1) is 9.78. The van der Waals surface area contributed by atoms with Crippen molar-refractivity contribution in [1.29, 1.82) is 0 Å². The molecular formula is C17H18N2S. The number of hydrogen-bond donors (Lipinski definition) is 1. The van der Waals surface area contributed by atoms with Gasteiger partial charge in [-0.15, -0.1) is 11.3 Å². The standard InChI is InChI=1S/C17H18N2S/c1-12-11-20-17(19-12)10-16(18-2)15-9-5-7-13-6-3-4-8-14(13)15/h3-9,11,16,18H,10H2,1-2H3. The number of nitrogens with zero attached hydrogens (tertiary/aromatic N) is 1. The van der Waals surface area contributed by atoms with Crippen molar-refractivity contribution in [2.24, 2.45) is 0 Å². The summed E-state index contributed by atoms with van der Waals surface area (Å²) in [6.45, 7) is 2.05. The van der Waals surface area contributed by atoms with Gasteiger partial charge < -0.3 is 5.32 Å². The minimum atomic E-state index is 0.298. The second-order valence-corrected chi connectivity index (χ2v) is 5.94. The van der Waals surface area contributed by atoms with Gasteiger partial charge in [-0.25, -0.2) is 4.98 Å². The van der Waals surface area contributed by atoms with Gasteiger partial charge in [0, 0.05) is 23.5 Å². The summed E-state index contributed by atoms with van der Waals surface area (Å²) in [6, 6.07) is 15.4. The molecule has 0 fully saturated rings. The van der Waals surface area contributed by atoms with E-state index >= 15 is 0 Å². The molecule has 0 saturated carbocycles. The van der Waals surface area contributed by atoms with Gasteiger partial charge in [-0.05, 0) is 30.3 Å². The van der Waals surface area contributed by atoms with Gasteiger partial charge in [0.1, 0.15) is 0 Å². The van der Waals surface area contributed by atoms with Crippen LogP contribution in [0.3, 0.4) is 0 Å². The summed E-state index contributed by atoms with van der Waals surface area (Å²) in [5, 5.41) is 9.35. The molecule has 20 heavy (non-hydrogen) atoms. The number of hydrogen-bond acceptors (Lipinski definition) is 3. The summed E-state index contributed by atoms with van der Waals surface area (Å²) < 4.78 is 0. The molecule has 3 heteroatoms. The predicted octanol–water partition coefficient (Wildman–Crippen LogP) is 4.11. The fourth-order valence-corrected chi connectivity index (χ4v) is 3.41. The van der Waals surface area contributed by atoms with Crippen molar-refractivity contribution in [2.45, 2.75) is 19.4 Å². The van der Waals surface area contributed by atoms with Crippen molar-refractivity contribution >= 4 is 22.1 Å². The van der Waals surface area contributed by atoms with Gasteiger partial charge in [-0.3, -0.25) is 0 Å². The van der Waals surface area contributed by atoms with Crippen LogP contribution in [0.1, 0.15) is 22.3 Å². The lowest BCUT2D eigenvalue weighted by Crippen LogP contribution is -2.19. The normalized spacial score (nSPS) is 12.7. The Kier molecular flexibility index (Phi) is 3.81. The van der Waals surface area contributed by atoms with Crippen molar-refractivity contribution in [1.82, 2.24) is 10.3 Å². The zero-order valence-corrected chi connectivity index (χ0v) is 12.6. The minimum absolute atomic E-state index is 0.298. The Hall–Kier alpha value is -1.71. The van der Waals surface area contributed by atoms with Crippen LogP contribution >= 0.6 is 11.3 Å². The molecule has 0 radical (unpaired) electrons. The summed E-state index contributed by atoms with van der Waals surface area (Å²) in [5.74, 6) is 0. The summed E-state index contributed by atoms with van der Waals surface area (Å²) >= 11 is 1.74. The van der Waals surface area contributed by atoms with E-state index in [1.807, 2.05) is 14.0 Å². The Morgan fingerprint density at radius 2 is 1.95 bits per heavy atom. The fourth-order valence-electron chi connectivity index (χ4n) is 2.59. The lowest BCUT2D eigenvalue weighted by atomic mass is 9.97. The Balaban J connectivity index is 1.98. The van der Waals surface area contributed by atoms with Gasteiger partial charge in [-0.1, -0.05) is 42.5 Å². The SMILES string of the molecule is CNC(Cc1nc(C)cs1)c1cccc2ccccc12. The second kappa shape index (κ2) is 5.73. The molecule has 0 saturated heterocycles. The summed E-state index contributed by atoms with van der Waals surface area (Å²) in [4.78, 5) is 4.58. The van der Waals surface area contributed by atoms with Gasteiger partial charge in [-0.2, -0.15) is 0 Å². The fraction of sp³-hybridized carbons (Fsp3) is 0.235. The number of aryl methyl sites for hydroxylation is 1. The molecule has 0 aliphatic rings. The quantitative estimate of drug-likeness (QED) is 0.779. The highest BCUT2D eigenvalue weighted by molar-refractivity contribution is 7.09. The number of rotatable bonds is 4. The molecule has 3 aromatic rings. The van der Waals surface area contributed by atoms with Crippen molar-refractivity contribution < 1.29 is 0 Å². The number of likely N-dealkylation sites (N-methyl/N-ethyl adjacent to an activating group) is 1. The van der Waals surface area contributed by atoms with Crippen molar-refractivity contribution in [3.8, 4) is 0 Å². The van der Waals surface area contributed by atoms with Crippen molar-refractivity contribution in [3.63, 3.8) is 0 Å². The first-order valence-electron chi connectivity index (χ1n) is 6.84. The average Bonchev–Trinajstić information content (AvgIpc) is 2.89. The molecule has 0 aliphatic carbocycles. The molecular weight excluding hydrogens is 264 g/mol. The molecule has 0 aliphatic heterocycles. The van der Waals surface area contributed by atoms with Crippen molar-refractivity contribution in [2.75, 3.05) is 7.05 Å². The van der Waals surface area contributed by atoms with Crippen LogP contribution in [0.25, 0.3) is 10.8 Å². The Morgan fingerprint density at radius 1 is 1.15 bits per heavy atom. The predicted molar refractivity (Wildman–Crippen MR) is 86.3 cm³/mol. The van der Waals surface area contributed by atoms with E-state index in [1.165, 1.54) is 21.3 Å². The summed E-state index contributed by atoms with van der Waals surface area (Å²) in [7, 11) is 2.02. The van der Waals surface area contributed by atoms with E-state index in [0.29, 0.717) is 6.04 Å². The number of aromatic nitrogens is 1. The maximum absolute atomic E-state index is 4.58. The Morgan fingerprint density at radius 3 is 2.70 bits per heavy atom. The maximum Gasteiger partial charge on any atom is 0.0947 e. The highest BCUT2D eigenvalue weighted by atomic mass is 32.1. The maximum atomic E-state index is 4.58. The molecule has 102 valence electrons. The third-order valence-corrected chi connectivity index (χ3v) is 4.58. The largest absolute Gasteiger partial charge is 0.313 e. The zero-order chi connectivity index (χ0) is 13.9. The first-order valence-corrected chi connectivity index (χ1v) is 7.72. The van der Waals surface area contributed by atoms with E-state index in [0.717, 1.165) is 12.1 Å². The van der Waals surface area contributed by atoms with Gasteiger partial charge in [0.2, 0.25) is 0 Å².